The summed E-state index contributed by atoms with van der Waals surface area (Å²) in [4.78, 5) is 20.1. The van der Waals surface area contributed by atoms with Gasteiger partial charge < -0.3 is 10.2 Å². The van der Waals surface area contributed by atoms with Gasteiger partial charge in [0.05, 0.1) is 6.42 Å². The largest absolute Gasteiger partial charge is 0.481 e. The van der Waals surface area contributed by atoms with Gasteiger partial charge in [0.25, 0.3) is 0 Å². The van der Waals surface area contributed by atoms with Gasteiger partial charge in [-0.25, -0.2) is 3.53 Å². The van der Waals surface area contributed by atoms with Crippen molar-refractivity contribution in [2.24, 2.45) is 0 Å². The lowest BCUT2D eigenvalue weighted by atomic mass is 10.2. The smallest absolute Gasteiger partial charge is 0.322 e. The van der Waals surface area contributed by atoms with Crippen LogP contribution in [0, 0.1) is 0 Å². The zero-order chi connectivity index (χ0) is 8.15. The van der Waals surface area contributed by atoms with Crippen LogP contribution in [0.5, 0.6) is 0 Å². The summed E-state index contributed by atoms with van der Waals surface area (Å²) in [5.74, 6) is -2.28. The minimum atomic E-state index is -1.16. The predicted molar refractivity (Wildman–Crippen MR) is 40.8 cm³/mol. The van der Waals surface area contributed by atoms with E-state index in [9.17, 15) is 9.59 Å². The van der Waals surface area contributed by atoms with Crippen LogP contribution in [-0.4, -0.2) is 28.2 Å². The third kappa shape index (κ3) is 3.62. The number of carbonyl (C=O) groups is 2. The van der Waals surface area contributed by atoms with Gasteiger partial charge in [-0.2, -0.15) is 0 Å². The van der Waals surface area contributed by atoms with Crippen LogP contribution in [0.2, 0.25) is 0 Å². The zero-order valence-electron chi connectivity index (χ0n) is 4.87. The van der Waals surface area contributed by atoms with Gasteiger partial charge >= 0.3 is 11.9 Å². The third-order valence-electron chi connectivity index (χ3n) is 0.809. The number of carboxylic acid groups (broad SMARTS) is 2. The lowest BCUT2D eigenvalue weighted by Crippen LogP contribution is -2.32. The highest BCUT2D eigenvalue weighted by Crippen LogP contribution is 1.94. The van der Waals surface area contributed by atoms with E-state index in [-0.39, 0.29) is 0 Å². The molecule has 0 aliphatic heterocycles. The summed E-state index contributed by atoms with van der Waals surface area (Å²) in [6.45, 7) is 0. The first kappa shape index (κ1) is 9.63. The van der Waals surface area contributed by atoms with Crippen molar-refractivity contribution < 1.29 is 19.8 Å². The topological polar surface area (TPSA) is 86.6 Å². The Bertz CT molecular complexity index is 148. The summed E-state index contributed by atoms with van der Waals surface area (Å²) in [6.07, 6.45) is -0.404. The molecule has 1 atom stereocenters. The van der Waals surface area contributed by atoms with Crippen molar-refractivity contribution in [2.75, 3.05) is 0 Å². The van der Waals surface area contributed by atoms with Crippen LogP contribution in [0.25, 0.3) is 0 Å². The Labute approximate surface area is 70.9 Å². The van der Waals surface area contributed by atoms with Crippen molar-refractivity contribution in [1.82, 2.24) is 3.53 Å². The molecule has 5 nitrogen and oxygen atoms in total. The van der Waals surface area contributed by atoms with E-state index in [2.05, 4.69) is 3.53 Å². The molecule has 0 heterocycles. The van der Waals surface area contributed by atoms with E-state index in [0.717, 1.165) is 0 Å². The maximum absolute atomic E-state index is 10.1. The van der Waals surface area contributed by atoms with Gasteiger partial charge in [-0.15, -0.1) is 0 Å². The van der Waals surface area contributed by atoms with Gasteiger partial charge in [0, 0.05) is 22.9 Å². The standard InChI is InChI=1S/C4H6INO4/c5-6-2(4(9)10)1-3(7)8/h2,6H,1H2,(H,7,8)(H,9,10)/t2-/m0/s1. The number of carboxylic acids is 2. The molecule has 0 aromatic rings. The predicted octanol–water partition coefficient (Wildman–Crippen LogP) is -0.146. The fraction of sp³-hybridized carbons (Fsp3) is 0.500. The van der Waals surface area contributed by atoms with E-state index < -0.39 is 24.4 Å². The molecule has 6 heteroatoms. The minimum absolute atomic E-state index is 0.404. The van der Waals surface area contributed by atoms with Crippen molar-refractivity contribution in [1.29, 1.82) is 0 Å². The second kappa shape index (κ2) is 4.45. The first-order valence-corrected chi connectivity index (χ1v) is 3.46. The van der Waals surface area contributed by atoms with Crippen LogP contribution in [-0.2, 0) is 9.59 Å². The maximum atomic E-state index is 10.1. The van der Waals surface area contributed by atoms with Crippen molar-refractivity contribution in [3.8, 4) is 0 Å². The lowest BCUT2D eigenvalue weighted by Gasteiger charge is -2.04. The molecule has 0 radical (unpaired) electrons. The average Bonchev–Trinajstić information content (AvgIpc) is 1.81. The minimum Gasteiger partial charge on any atom is -0.481 e. The molecule has 58 valence electrons. The van der Waals surface area contributed by atoms with E-state index >= 15 is 0 Å². The van der Waals surface area contributed by atoms with Crippen LogP contribution in [0.3, 0.4) is 0 Å². The lowest BCUT2D eigenvalue weighted by molar-refractivity contribution is -0.145. The Kier molecular flexibility index (Phi) is 4.28. The number of hydrogen-bond acceptors (Lipinski definition) is 3. The van der Waals surface area contributed by atoms with Gasteiger partial charge in [-0.3, -0.25) is 9.59 Å². The molecule has 0 bridgehead atoms. The number of nitrogens with one attached hydrogen (secondary N) is 1. The Hall–Kier alpha value is -0.370. The van der Waals surface area contributed by atoms with E-state index in [4.69, 9.17) is 10.2 Å². The zero-order valence-corrected chi connectivity index (χ0v) is 7.03. The van der Waals surface area contributed by atoms with Gasteiger partial charge in [-0.1, -0.05) is 0 Å². The second-order valence-electron chi connectivity index (χ2n) is 1.60. The van der Waals surface area contributed by atoms with Crippen LogP contribution in [0.1, 0.15) is 6.42 Å². The molecule has 0 saturated carbocycles. The third-order valence-corrected chi connectivity index (χ3v) is 1.56. The van der Waals surface area contributed by atoms with E-state index in [0.29, 0.717) is 0 Å². The second-order valence-corrected chi connectivity index (χ2v) is 2.22. The maximum Gasteiger partial charge on any atom is 0.322 e. The van der Waals surface area contributed by atoms with E-state index in [1.54, 1.807) is 22.9 Å². The summed E-state index contributed by atoms with van der Waals surface area (Å²) in [5, 5.41) is 16.4. The first-order chi connectivity index (χ1) is 4.57. The molecule has 10 heavy (non-hydrogen) atoms. The Morgan fingerprint density at radius 1 is 1.50 bits per heavy atom. The molecule has 0 amide bonds. The normalized spacial score (nSPS) is 12.5. The van der Waals surface area contributed by atoms with Gasteiger partial charge in [-0.05, 0) is 0 Å². The number of rotatable bonds is 4. The molecule has 0 unspecified atom stereocenters. The van der Waals surface area contributed by atoms with Crippen molar-refractivity contribution in [2.45, 2.75) is 12.5 Å². The van der Waals surface area contributed by atoms with Gasteiger partial charge in [0.1, 0.15) is 6.04 Å². The van der Waals surface area contributed by atoms with Crippen LogP contribution >= 0.6 is 22.9 Å². The van der Waals surface area contributed by atoms with Gasteiger partial charge in [0.2, 0.25) is 0 Å². The van der Waals surface area contributed by atoms with Crippen molar-refractivity contribution >= 4 is 34.8 Å². The highest BCUT2D eigenvalue weighted by atomic mass is 127. The first-order valence-electron chi connectivity index (χ1n) is 2.38. The number of aliphatic carboxylic acids is 2. The van der Waals surface area contributed by atoms with E-state index in [1.165, 1.54) is 0 Å². The number of halogens is 1. The molecule has 0 saturated heterocycles. The quantitative estimate of drug-likeness (QED) is 0.483. The molecule has 0 aromatic heterocycles. The summed E-state index contributed by atoms with van der Waals surface area (Å²) in [6, 6.07) is -1.00. The highest BCUT2D eigenvalue weighted by molar-refractivity contribution is 14.1. The Balaban J connectivity index is 3.83. The summed E-state index contributed by atoms with van der Waals surface area (Å²) in [5.41, 5.74) is 0. The molecule has 3 N–H and O–H groups in total. The molecular formula is C4H6INO4. The Morgan fingerprint density at radius 2 is 2.00 bits per heavy atom. The molecule has 0 spiro atoms. The summed E-state index contributed by atoms with van der Waals surface area (Å²) in [7, 11) is 0. The molecule has 0 aliphatic carbocycles. The molecule has 0 fully saturated rings. The Morgan fingerprint density at radius 3 is 2.10 bits per heavy atom. The monoisotopic (exact) mass is 259 g/mol. The van der Waals surface area contributed by atoms with Crippen molar-refractivity contribution in [3.05, 3.63) is 0 Å². The van der Waals surface area contributed by atoms with Gasteiger partial charge in [0.15, 0.2) is 0 Å². The molecule has 0 rings (SSSR count). The average molecular weight is 259 g/mol. The number of hydrogen-bond donors (Lipinski definition) is 3. The van der Waals surface area contributed by atoms with E-state index in [1.807, 2.05) is 0 Å². The van der Waals surface area contributed by atoms with Crippen molar-refractivity contribution in [3.63, 3.8) is 0 Å². The molecule has 0 aromatic carbocycles. The SMILES string of the molecule is O=C(O)C[C@H](NI)C(=O)O. The van der Waals surface area contributed by atoms with Crippen LogP contribution in [0.4, 0.5) is 0 Å². The molecule has 0 aliphatic rings. The summed E-state index contributed by atoms with van der Waals surface area (Å²) >= 11 is 1.60. The van der Waals surface area contributed by atoms with Crippen LogP contribution < -0.4 is 3.53 Å². The highest BCUT2D eigenvalue weighted by Gasteiger charge is 2.18. The fourth-order valence-corrected chi connectivity index (χ4v) is 0.834. The molecular weight excluding hydrogens is 253 g/mol. The van der Waals surface area contributed by atoms with Crippen LogP contribution in [0.15, 0.2) is 0 Å². The summed E-state index contributed by atoms with van der Waals surface area (Å²) < 4.78 is 2.32. The fourth-order valence-electron chi connectivity index (χ4n) is 0.347.